The summed E-state index contributed by atoms with van der Waals surface area (Å²) in [5.41, 5.74) is 0.658. The molecule has 2 aliphatic rings. The first-order valence-electron chi connectivity index (χ1n) is 9.28. The summed E-state index contributed by atoms with van der Waals surface area (Å²) < 4.78 is 24.2. The largest absolute Gasteiger partial charge is 0.353 e. The number of rotatable bonds is 6. The van der Waals surface area contributed by atoms with E-state index in [1.807, 2.05) is 0 Å². The SMILES string of the molecule is CS(=O)(=O)c1cnc(NCCN2CCCCC2)nc1[C@@H]1CCCNC1. The van der Waals surface area contributed by atoms with Crippen molar-refractivity contribution in [3.05, 3.63) is 11.9 Å². The number of aromatic nitrogens is 2. The van der Waals surface area contributed by atoms with Crippen LogP contribution in [0.1, 0.15) is 43.7 Å². The Labute approximate surface area is 150 Å². The van der Waals surface area contributed by atoms with Gasteiger partial charge in [-0.1, -0.05) is 6.42 Å². The maximum atomic E-state index is 12.1. The molecular weight excluding hydrogens is 338 g/mol. The van der Waals surface area contributed by atoms with E-state index in [4.69, 9.17) is 0 Å². The third kappa shape index (κ3) is 5.12. The fourth-order valence-corrected chi connectivity index (χ4v) is 4.48. The minimum absolute atomic E-state index is 0.129. The molecule has 0 bridgehead atoms. The van der Waals surface area contributed by atoms with E-state index in [2.05, 4.69) is 25.5 Å². The van der Waals surface area contributed by atoms with Crippen LogP contribution in [0.25, 0.3) is 0 Å². The van der Waals surface area contributed by atoms with E-state index in [1.54, 1.807) is 0 Å². The average molecular weight is 368 g/mol. The van der Waals surface area contributed by atoms with Gasteiger partial charge in [-0.25, -0.2) is 18.4 Å². The molecule has 3 rings (SSSR count). The van der Waals surface area contributed by atoms with Gasteiger partial charge in [0.2, 0.25) is 5.95 Å². The Hall–Kier alpha value is -1.25. The summed E-state index contributed by atoms with van der Waals surface area (Å²) >= 11 is 0. The Morgan fingerprint density at radius 1 is 1.28 bits per heavy atom. The van der Waals surface area contributed by atoms with Gasteiger partial charge in [-0.05, 0) is 45.3 Å². The predicted molar refractivity (Wildman–Crippen MR) is 98.8 cm³/mol. The van der Waals surface area contributed by atoms with Crippen molar-refractivity contribution in [2.45, 2.75) is 42.9 Å². The lowest BCUT2D eigenvalue weighted by atomic mass is 9.96. The monoisotopic (exact) mass is 367 g/mol. The Kier molecular flexibility index (Phi) is 6.24. The fourth-order valence-electron chi connectivity index (χ4n) is 3.64. The van der Waals surface area contributed by atoms with Crippen molar-refractivity contribution in [1.29, 1.82) is 0 Å². The summed E-state index contributed by atoms with van der Waals surface area (Å²) in [7, 11) is -3.33. The van der Waals surface area contributed by atoms with Crippen molar-refractivity contribution in [2.24, 2.45) is 0 Å². The Morgan fingerprint density at radius 2 is 2.08 bits per heavy atom. The van der Waals surface area contributed by atoms with Gasteiger partial charge in [-0.2, -0.15) is 0 Å². The van der Waals surface area contributed by atoms with Crippen LogP contribution in [0.4, 0.5) is 5.95 Å². The average Bonchev–Trinajstić information content (AvgIpc) is 2.62. The summed E-state index contributed by atoms with van der Waals surface area (Å²) in [5.74, 6) is 0.661. The quantitative estimate of drug-likeness (QED) is 0.782. The van der Waals surface area contributed by atoms with Crippen LogP contribution in [-0.2, 0) is 9.84 Å². The number of hydrogen-bond acceptors (Lipinski definition) is 7. The van der Waals surface area contributed by atoms with Crippen LogP contribution < -0.4 is 10.6 Å². The van der Waals surface area contributed by atoms with Crippen LogP contribution in [0.3, 0.4) is 0 Å². The molecule has 0 radical (unpaired) electrons. The van der Waals surface area contributed by atoms with E-state index in [1.165, 1.54) is 31.7 Å². The van der Waals surface area contributed by atoms with Crippen molar-refractivity contribution in [2.75, 3.05) is 50.8 Å². The van der Waals surface area contributed by atoms with Crippen molar-refractivity contribution in [3.63, 3.8) is 0 Å². The van der Waals surface area contributed by atoms with Crippen LogP contribution in [0.2, 0.25) is 0 Å². The molecule has 2 N–H and O–H groups in total. The lowest BCUT2D eigenvalue weighted by molar-refractivity contribution is 0.237. The number of likely N-dealkylation sites (tertiary alicyclic amines) is 1. The fraction of sp³-hybridized carbons (Fsp3) is 0.765. The third-order valence-corrected chi connectivity index (χ3v) is 6.14. The Balaban J connectivity index is 1.69. The third-order valence-electron chi connectivity index (χ3n) is 5.03. The molecule has 7 nitrogen and oxygen atoms in total. The first kappa shape index (κ1) is 18.5. The number of nitrogens with one attached hydrogen (secondary N) is 2. The minimum atomic E-state index is -3.33. The van der Waals surface area contributed by atoms with Gasteiger partial charge in [0.15, 0.2) is 9.84 Å². The molecule has 8 heteroatoms. The van der Waals surface area contributed by atoms with Gasteiger partial charge < -0.3 is 15.5 Å². The first-order chi connectivity index (χ1) is 12.0. The van der Waals surface area contributed by atoms with Crippen molar-refractivity contribution >= 4 is 15.8 Å². The van der Waals surface area contributed by atoms with E-state index in [9.17, 15) is 8.42 Å². The molecule has 2 saturated heterocycles. The second kappa shape index (κ2) is 8.42. The normalized spacial score (nSPS) is 22.7. The minimum Gasteiger partial charge on any atom is -0.353 e. The smallest absolute Gasteiger partial charge is 0.222 e. The Morgan fingerprint density at radius 3 is 2.76 bits per heavy atom. The molecular formula is C17H29N5O2S. The number of nitrogens with zero attached hydrogens (tertiary/aromatic N) is 3. The lowest BCUT2D eigenvalue weighted by Crippen LogP contribution is -2.34. The molecule has 1 aromatic rings. The van der Waals surface area contributed by atoms with E-state index in [0.717, 1.165) is 52.1 Å². The highest BCUT2D eigenvalue weighted by molar-refractivity contribution is 7.90. The van der Waals surface area contributed by atoms with E-state index in [0.29, 0.717) is 11.6 Å². The van der Waals surface area contributed by atoms with Crippen molar-refractivity contribution in [3.8, 4) is 0 Å². The zero-order valence-corrected chi connectivity index (χ0v) is 15.8. The molecule has 140 valence electrons. The maximum absolute atomic E-state index is 12.1. The van der Waals surface area contributed by atoms with Crippen LogP contribution >= 0.6 is 0 Å². The summed E-state index contributed by atoms with van der Waals surface area (Å²) in [6, 6.07) is 0. The molecule has 0 aliphatic carbocycles. The zero-order chi connectivity index (χ0) is 17.7. The highest BCUT2D eigenvalue weighted by Gasteiger charge is 2.25. The Bertz CT molecular complexity index is 668. The number of sulfone groups is 1. The van der Waals surface area contributed by atoms with Gasteiger partial charge in [0, 0.05) is 31.8 Å². The van der Waals surface area contributed by atoms with Gasteiger partial charge >= 0.3 is 0 Å². The summed E-state index contributed by atoms with van der Waals surface area (Å²) in [6.07, 6.45) is 8.58. The van der Waals surface area contributed by atoms with Gasteiger partial charge in [0.25, 0.3) is 0 Å². The van der Waals surface area contributed by atoms with Gasteiger partial charge in [0.05, 0.1) is 11.9 Å². The molecule has 0 amide bonds. The molecule has 0 spiro atoms. The lowest BCUT2D eigenvalue weighted by Gasteiger charge is -2.26. The summed E-state index contributed by atoms with van der Waals surface area (Å²) in [4.78, 5) is 11.5. The molecule has 25 heavy (non-hydrogen) atoms. The number of anilines is 1. The molecule has 2 fully saturated rings. The van der Waals surface area contributed by atoms with Crippen LogP contribution in [0, 0.1) is 0 Å². The number of hydrogen-bond donors (Lipinski definition) is 2. The molecule has 2 aliphatic heterocycles. The number of piperidine rings is 2. The topological polar surface area (TPSA) is 87.2 Å². The second-order valence-electron chi connectivity index (χ2n) is 7.09. The van der Waals surface area contributed by atoms with Crippen LogP contribution in [-0.4, -0.2) is 68.8 Å². The molecule has 3 heterocycles. The van der Waals surface area contributed by atoms with Gasteiger partial charge in [-0.15, -0.1) is 0 Å². The first-order valence-corrected chi connectivity index (χ1v) is 11.2. The molecule has 0 saturated carbocycles. The van der Waals surface area contributed by atoms with Gasteiger partial charge in [-0.3, -0.25) is 0 Å². The van der Waals surface area contributed by atoms with Crippen LogP contribution in [0.15, 0.2) is 11.1 Å². The summed E-state index contributed by atoms with van der Waals surface area (Å²) in [6.45, 7) is 5.82. The van der Waals surface area contributed by atoms with Crippen molar-refractivity contribution < 1.29 is 8.42 Å². The zero-order valence-electron chi connectivity index (χ0n) is 15.0. The van der Waals surface area contributed by atoms with Crippen LogP contribution in [0.5, 0.6) is 0 Å². The molecule has 1 atom stereocenters. The highest BCUT2D eigenvalue weighted by atomic mass is 32.2. The highest BCUT2D eigenvalue weighted by Crippen LogP contribution is 2.27. The molecule has 0 aromatic carbocycles. The second-order valence-corrected chi connectivity index (χ2v) is 9.07. The van der Waals surface area contributed by atoms with Gasteiger partial charge in [0.1, 0.15) is 4.90 Å². The predicted octanol–water partition coefficient (Wildman–Crippen LogP) is 1.24. The van der Waals surface area contributed by atoms with E-state index >= 15 is 0 Å². The molecule has 0 unspecified atom stereocenters. The van der Waals surface area contributed by atoms with E-state index in [-0.39, 0.29) is 10.8 Å². The molecule has 1 aromatic heterocycles. The van der Waals surface area contributed by atoms with E-state index < -0.39 is 9.84 Å². The standard InChI is InChI=1S/C17H29N5O2S/c1-25(23,24)15-13-20-17(19-8-11-22-9-3-2-4-10-22)21-16(15)14-6-5-7-18-12-14/h13-14,18H,2-12H2,1H3,(H,19,20,21)/t14-/m1/s1. The van der Waals surface area contributed by atoms with Crippen molar-refractivity contribution in [1.82, 2.24) is 20.2 Å². The maximum Gasteiger partial charge on any atom is 0.222 e. The summed E-state index contributed by atoms with van der Waals surface area (Å²) in [5, 5.41) is 6.61.